The van der Waals surface area contributed by atoms with Crippen LogP contribution in [0.2, 0.25) is 0 Å². The Balaban J connectivity index is 2.53. The standard InChI is InChI=1S/C9H19N3O2S2/c1-8(7-9(10)15)11-16(13,14)12-5-3-2-4-6-12/h8,11H,2-7H2,1H3,(H2,10,15). The third kappa shape index (κ3) is 4.32. The molecule has 94 valence electrons. The van der Waals surface area contributed by atoms with Crippen molar-refractivity contribution < 1.29 is 8.42 Å². The van der Waals surface area contributed by atoms with Gasteiger partial charge in [0, 0.05) is 25.6 Å². The van der Waals surface area contributed by atoms with E-state index in [2.05, 4.69) is 4.72 Å². The Hall–Kier alpha value is -0.240. The highest BCUT2D eigenvalue weighted by molar-refractivity contribution is 7.87. The van der Waals surface area contributed by atoms with E-state index in [-0.39, 0.29) is 6.04 Å². The van der Waals surface area contributed by atoms with Crippen LogP contribution in [0.5, 0.6) is 0 Å². The lowest BCUT2D eigenvalue weighted by molar-refractivity contribution is 0.339. The monoisotopic (exact) mass is 265 g/mol. The van der Waals surface area contributed by atoms with Gasteiger partial charge >= 0.3 is 0 Å². The first-order valence-electron chi connectivity index (χ1n) is 5.47. The van der Waals surface area contributed by atoms with Crippen molar-refractivity contribution in [2.24, 2.45) is 5.73 Å². The highest BCUT2D eigenvalue weighted by Gasteiger charge is 2.25. The highest BCUT2D eigenvalue weighted by atomic mass is 32.2. The quantitative estimate of drug-likeness (QED) is 0.704. The molecule has 1 atom stereocenters. The van der Waals surface area contributed by atoms with E-state index >= 15 is 0 Å². The highest BCUT2D eigenvalue weighted by Crippen LogP contribution is 2.12. The number of nitrogens with zero attached hydrogens (tertiary/aromatic N) is 1. The fourth-order valence-electron chi connectivity index (χ4n) is 1.78. The molecule has 0 radical (unpaired) electrons. The van der Waals surface area contributed by atoms with Crippen molar-refractivity contribution in [1.82, 2.24) is 9.03 Å². The molecule has 0 aromatic heterocycles. The minimum absolute atomic E-state index is 0.246. The second kappa shape index (κ2) is 5.90. The molecule has 0 aromatic rings. The Labute approximate surface area is 103 Å². The molecule has 0 bridgehead atoms. The summed E-state index contributed by atoms with van der Waals surface area (Å²) in [6, 6.07) is -0.246. The fourth-order valence-corrected chi connectivity index (χ4v) is 3.51. The van der Waals surface area contributed by atoms with Crippen molar-refractivity contribution in [3.8, 4) is 0 Å². The van der Waals surface area contributed by atoms with Gasteiger partial charge in [-0.2, -0.15) is 17.4 Å². The molecule has 0 aromatic carbocycles. The van der Waals surface area contributed by atoms with Crippen LogP contribution in [-0.2, 0) is 10.2 Å². The molecule has 7 heteroatoms. The topological polar surface area (TPSA) is 75.4 Å². The number of thiocarbonyl (C=S) groups is 1. The van der Waals surface area contributed by atoms with Crippen molar-refractivity contribution >= 4 is 27.4 Å². The minimum Gasteiger partial charge on any atom is -0.393 e. The summed E-state index contributed by atoms with van der Waals surface area (Å²) in [4.78, 5) is 0.328. The molecule has 0 spiro atoms. The van der Waals surface area contributed by atoms with Crippen molar-refractivity contribution in [2.45, 2.75) is 38.6 Å². The lowest BCUT2D eigenvalue weighted by atomic mass is 10.2. The minimum atomic E-state index is -3.36. The number of hydrogen-bond donors (Lipinski definition) is 2. The summed E-state index contributed by atoms with van der Waals surface area (Å²) in [5.74, 6) is 0. The third-order valence-corrected chi connectivity index (χ3v) is 4.42. The lowest BCUT2D eigenvalue weighted by Gasteiger charge is -2.27. The molecule has 1 aliphatic heterocycles. The van der Waals surface area contributed by atoms with Gasteiger partial charge in [-0.3, -0.25) is 0 Å². The van der Waals surface area contributed by atoms with Gasteiger partial charge in [0.2, 0.25) is 0 Å². The SMILES string of the molecule is CC(CC(N)=S)NS(=O)(=O)N1CCCCC1. The average molecular weight is 265 g/mol. The molecule has 1 saturated heterocycles. The number of hydrogen-bond acceptors (Lipinski definition) is 3. The van der Waals surface area contributed by atoms with Gasteiger partial charge in [-0.1, -0.05) is 18.6 Å². The van der Waals surface area contributed by atoms with Crippen molar-refractivity contribution in [3.63, 3.8) is 0 Å². The number of nitrogens with one attached hydrogen (secondary N) is 1. The molecule has 5 nitrogen and oxygen atoms in total. The van der Waals surface area contributed by atoms with Crippen LogP contribution in [0.3, 0.4) is 0 Å². The van der Waals surface area contributed by atoms with E-state index in [1.807, 2.05) is 0 Å². The van der Waals surface area contributed by atoms with Gasteiger partial charge in [-0.25, -0.2) is 0 Å². The maximum Gasteiger partial charge on any atom is 0.279 e. The van der Waals surface area contributed by atoms with Gasteiger partial charge in [0.25, 0.3) is 10.2 Å². The predicted octanol–water partition coefficient (Wildman–Crippen LogP) is 0.371. The molecule has 1 rings (SSSR count). The Morgan fingerprint density at radius 2 is 2.00 bits per heavy atom. The van der Waals surface area contributed by atoms with Crippen molar-refractivity contribution in [1.29, 1.82) is 0 Å². The van der Waals surface area contributed by atoms with E-state index < -0.39 is 10.2 Å². The molecule has 0 amide bonds. The summed E-state index contributed by atoms with van der Waals surface area (Å²) >= 11 is 4.75. The predicted molar refractivity (Wildman–Crippen MR) is 68.3 cm³/mol. The summed E-state index contributed by atoms with van der Waals surface area (Å²) in [5, 5.41) is 0. The fraction of sp³-hybridized carbons (Fsp3) is 0.889. The lowest BCUT2D eigenvalue weighted by Crippen LogP contribution is -2.47. The zero-order valence-corrected chi connectivity index (χ0v) is 11.1. The first-order valence-corrected chi connectivity index (χ1v) is 7.32. The van der Waals surface area contributed by atoms with Gasteiger partial charge in [0.1, 0.15) is 0 Å². The smallest absolute Gasteiger partial charge is 0.279 e. The van der Waals surface area contributed by atoms with Crippen LogP contribution >= 0.6 is 12.2 Å². The van der Waals surface area contributed by atoms with Crippen LogP contribution in [-0.4, -0.2) is 36.8 Å². The summed E-state index contributed by atoms with van der Waals surface area (Å²) in [6.07, 6.45) is 3.37. The van der Waals surface area contributed by atoms with E-state index in [0.717, 1.165) is 19.3 Å². The summed E-state index contributed by atoms with van der Waals surface area (Å²) in [5.41, 5.74) is 5.37. The Bertz CT molecular complexity index is 337. The second-order valence-electron chi connectivity index (χ2n) is 4.15. The van der Waals surface area contributed by atoms with Crippen molar-refractivity contribution in [2.75, 3.05) is 13.1 Å². The van der Waals surface area contributed by atoms with Gasteiger partial charge < -0.3 is 5.73 Å². The molecular weight excluding hydrogens is 246 g/mol. The Kier molecular flexibility index (Phi) is 5.10. The maximum atomic E-state index is 11.9. The molecule has 1 unspecified atom stereocenters. The normalized spacial score (nSPS) is 20.6. The van der Waals surface area contributed by atoms with Crippen LogP contribution in [0.15, 0.2) is 0 Å². The average Bonchev–Trinajstić information content (AvgIpc) is 2.16. The second-order valence-corrected chi connectivity index (χ2v) is 6.38. The van der Waals surface area contributed by atoms with Gasteiger partial charge in [0.05, 0.1) is 4.99 Å². The van der Waals surface area contributed by atoms with Gasteiger partial charge in [-0.05, 0) is 19.8 Å². The van der Waals surface area contributed by atoms with Crippen LogP contribution in [0.1, 0.15) is 32.6 Å². The third-order valence-electron chi connectivity index (χ3n) is 2.51. The van der Waals surface area contributed by atoms with Crippen LogP contribution in [0.25, 0.3) is 0 Å². The maximum absolute atomic E-state index is 11.9. The summed E-state index contributed by atoms with van der Waals surface area (Å²) in [6.45, 7) is 2.98. The molecular formula is C9H19N3O2S2. The Morgan fingerprint density at radius 1 is 1.44 bits per heavy atom. The largest absolute Gasteiger partial charge is 0.393 e. The zero-order valence-electron chi connectivity index (χ0n) is 9.48. The van der Waals surface area contributed by atoms with E-state index in [4.69, 9.17) is 18.0 Å². The first-order chi connectivity index (χ1) is 7.42. The van der Waals surface area contributed by atoms with Gasteiger partial charge in [-0.15, -0.1) is 0 Å². The van der Waals surface area contributed by atoms with Crippen LogP contribution in [0.4, 0.5) is 0 Å². The molecule has 0 aliphatic carbocycles. The van der Waals surface area contributed by atoms with E-state index in [9.17, 15) is 8.42 Å². The number of rotatable bonds is 5. The Morgan fingerprint density at radius 3 is 2.50 bits per heavy atom. The van der Waals surface area contributed by atoms with E-state index in [1.165, 1.54) is 4.31 Å². The van der Waals surface area contributed by atoms with Crippen molar-refractivity contribution in [3.05, 3.63) is 0 Å². The summed E-state index contributed by atoms with van der Waals surface area (Å²) in [7, 11) is -3.36. The molecule has 1 fully saturated rings. The molecule has 3 N–H and O–H groups in total. The van der Waals surface area contributed by atoms with E-state index in [0.29, 0.717) is 24.5 Å². The van der Waals surface area contributed by atoms with Crippen LogP contribution in [0, 0.1) is 0 Å². The zero-order chi connectivity index (χ0) is 12.2. The van der Waals surface area contributed by atoms with E-state index in [1.54, 1.807) is 6.92 Å². The number of piperidine rings is 1. The van der Waals surface area contributed by atoms with Crippen LogP contribution < -0.4 is 10.5 Å². The number of nitrogens with two attached hydrogens (primary N) is 1. The molecule has 16 heavy (non-hydrogen) atoms. The van der Waals surface area contributed by atoms with Gasteiger partial charge in [0.15, 0.2) is 0 Å². The molecule has 1 heterocycles. The summed E-state index contributed by atoms with van der Waals surface area (Å²) < 4.78 is 27.9. The molecule has 1 aliphatic rings. The first kappa shape index (κ1) is 13.8. The molecule has 0 saturated carbocycles.